The number of rotatable bonds is 8. The minimum absolute atomic E-state index is 0. The summed E-state index contributed by atoms with van der Waals surface area (Å²) in [5.41, 5.74) is 1.24. The topological polar surface area (TPSA) is 54.7 Å². The van der Waals surface area contributed by atoms with Crippen LogP contribution < -0.4 is 10.1 Å². The molecule has 0 bridgehead atoms. The van der Waals surface area contributed by atoms with Crippen molar-refractivity contribution >= 4 is 41.5 Å². The summed E-state index contributed by atoms with van der Waals surface area (Å²) in [6, 6.07) is 17.7. The maximum Gasteiger partial charge on any atom is 0.193 e. The number of nitrogens with one attached hydrogen (secondary N) is 1. The van der Waals surface area contributed by atoms with E-state index in [2.05, 4.69) is 32.0 Å². The van der Waals surface area contributed by atoms with E-state index in [0.29, 0.717) is 24.7 Å². The van der Waals surface area contributed by atoms with Gasteiger partial charge in [0, 0.05) is 38.1 Å². The van der Waals surface area contributed by atoms with Crippen molar-refractivity contribution in [2.24, 2.45) is 4.99 Å². The van der Waals surface area contributed by atoms with Gasteiger partial charge in [-0.3, -0.25) is 4.99 Å². The first-order valence-corrected chi connectivity index (χ1v) is 9.87. The molecular weight excluding hydrogens is 513 g/mol. The Kier molecular flexibility index (Phi) is 9.96. The van der Waals surface area contributed by atoms with Gasteiger partial charge >= 0.3 is 0 Å². The summed E-state index contributed by atoms with van der Waals surface area (Å²) < 4.78 is 7.90. The Morgan fingerprint density at radius 2 is 1.90 bits per heavy atom. The molecule has 3 aromatic rings. The lowest BCUT2D eigenvalue weighted by Crippen LogP contribution is -2.40. The highest BCUT2D eigenvalue weighted by atomic mass is 127. The average molecular weight is 540 g/mol. The summed E-state index contributed by atoms with van der Waals surface area (Å²) in [6.07, 6.45) is 3.82. The minimum Gasteiger partial charge on any atom is -0.492 e. The number of nitrogens with zero attached hydrogens (tertiary/aromatic N) is 4. The lowest BCUT2D eigenvalue weighted by molar-refractivity contribution is 0.281. The number of likely N-dealkylation sites (N-methyl/N-ethyl adjacent to an activating group) is 1. The molecular formula is C22H27ClIN5O. The molecule has 30 heavy (non-hydrogen) atoms. The highest BCUT2D eigenvalue weighted by Crippen LogP contribution is 2.15. The van der Waals surface area contributed by atoms with Crippen molar-refractivity contribution in [1.29, 1.82) is 0 Å². The van der Waals surface area contributed by atoms with Crippen LogP contribution in [0.5, 0.6) is 5.75 Å². The molecule has 0 amide bonds. The first kappa shape index (κ1) is 24.0. The third kappa shape index (κ3) is 7.21. The first-order chi connectivity index (χ1) is 14.2. The third-order valence-electron chi connectivity index (χ3n) is 4.48. The Hall–Kier alpha value is -2.26. The van der Waals surface area contributed by atoms with Gasteiger partial charge in [-0.2, -0.15) is 0 Å². The minimum atomic E-state index is 0. The highest BCUT2D eigenvalue weighted by Gasteiger charge is 2.09. The van der Waals surface area contributed by atoms with Gasteiger partial charge in [0.25, 0.3) is 0 Å². The van der Waals surface area contributed by atoms with Crippen LogP contribution in [0.4, 0.5) is 0 Å². The molecule has 0 aliphatic rings. The van der Waals surface area contributed by atoms with E-state index < -0.39 is 0 Å². The average Bonchev–Trinajstić information content (AvgIpc) is 3.17. The molecule has 0 saturated carbocycles. The quantitative estimate of drug-likeness (QED) is 0.264. The van der Waals surface area contributed by atoms with Gasteiger partial charge in [0.05, 0.1) is 13.1 Å². The van der Waals surface area contributed by atoms with Crippen LogP contribution in [0.25, 0.3) is 0 Å². The van der Waals surface area contributed by atoms with Crippen LogP contribution >= 0.6 is 35.6 Å². The fraction of sp³-hybridized carbons (Fsp3) is 0.273. The van der Waals surface area contributed by atoms with E-state index in [9.17, 15) is 0 Å². The summed E-state index contributed by atoms with van der Waals surface area (Å²) in [5, 5.41) is 4.07. The van der Waals surface area contributed by atoms with E-state index in [1.807, 2.05) is 66.8 Å². The highest BCUT2D eigenvalue weighted by molar-refractivity contribution is 14.0. The van der Waals surface area contributed by atoms with Crippen LogP contribution in [0.3, 0.4) is 0 Å². The van der Waals surface area contributed by atoms with Gasteiger partial charge in [-0.15, -0.1) is 24.0 Å². The second kappa shape index (κ2) is 12.4. The van der Waals surface area contributed by atoms with Crippen molar-refractivity contribution in [3.05, 3.63) is 83.4 Å². The largest absolute Gasteiger partial charge is 0.492 e. The lowest BCUT2D eigenvalue weighted by atomic mass is 10.2. The lowest BCUT2D eigenvalue weighted by Gasteiger charge is -2.22. The molecule has 3 rings (SSSR count). The normalized spacial score (nSPS) is 11.0. The van der Waals surface area contributed by atoms with E-state index in [0.717, 1.165) is 24.1 Å². The molecule has 0 unspecified atom stereocenters. The van der Waals surface area contributed by atoms with Crippen molar-refractivity contribution in [1.82, 2.24) is 19.8 Å². The Labute approximate surface area is 200 Å². The molecule has 1 N–H and O–H groups in total. The molecule has 0 fully saturated rings. The fourth-order valence-electron chi connectivity index (χ4n) is 2.91. The molecule has 160 valence electrons. The molecule has 0 aliphatic heterocycles. The smallest absolute Gasteiger partial charge is 0.193 e. The predicted molar refractivity (Wildman–Crippen MR) is 133 cm³/mol. The fourth-order valence-corrected chi connectivity index (χ4v) is 3.04. The first-order valence-electron chi connectivity index (χ1n) is 9.50. The van der Waals surface area contributed by atoms with Crippen LogP contribution in [-0.4, -0.2) is 47.7 Å². The summed E-state index contributed by atoms with van der Waals surface area (Å²) in [7, 11) is 3.76. The number of halogens is 2. The zero-order chi connectivity index (χ0) is 20.5. The standard InChI is InChI=1S/C22H26ClN5O.HI/c1-24-22(27(2)14-15-29-20-10-8-19(23)9-11-20)26-16-21-25-12-13-28(21)17-18-6-4-3-5-7-18;/h3-13H,14-17H2,1-2H3,(H,24,26);1H. The molecule has 0 atom stereocenters. The molecule has 1 aromatic heterocycles. The van der Waals surface area contributed by atoms with Gasteiger partial charge in [-0.05, 0) is 29.8 Å². The van der Waals surface area contributed by atoms with Gasteiger partial charge in [0.15, 0.2) is 5.96 Å². The second-order valence-corrected chi connectivity index (χ2v) is 7.02. The van der Waals surface area contributed by atoms with Crippen molar-refractivity contribution < 1.29 is 4.74 Å². The van der Waals surface area contributed by atoms with E-state index in [4.69, 9.17) is 16.3 Å². The summed E-state index contributed by atoms with van der Waals surface area (Å²) in [5.74, 6) is 2.55. The van der Waals surface area contributed by atoms with Crippen LogP contribution in [0.2, 0.25) is 5.02 Å². The molecule has 0 spiro atoms. The molecule has 1 heterocycles. The monoisotopic (exact) mass is 539 g/mol. The molecule has 0 saturated heterocycles. The maximum atomic E-state index is 5.90. The van der Waals surface area contributed by atoms with Crippen LogP contribution in [0.1, 0.15) is 11.4 Å². The van der Waals surface area contributed by atoms with Crippen molar-refractivity contribution in [3.8, 4) is 5.75 Å². The number of aliphatic imine (C=N–C) groups is 1. The van der Waals surface area contributed by atoms with Gasteiger partial charge in [0.2, 0.25) is 0 Å². The van der Waals surface area contributed by atoms with E-state index in [1.54, 1.807) is 7.05 Å². The SMILES string of the molecule is CN=C(NCc1nccn1Cc1ccccc1)N(C)CCOc1ccc(Cl)cc1.I. The van der Waals surface area contributed by atoms with Crippen molar-refractivity contribution in [2.45, 2.75) is 13.1 Å². The zero-order valence-corrected chi connectivity index (χ0v) is 20.2. The van der Waals surface area contributed by atoms with E-state index in [1.165, 1.54) is 5.56 Å². The molecule has 0 radical (unpaired) electrons. The predicted octanol–water partition coefficient (Wildman–Crippen LogP) is 4.29. The van der Waals surface area contributed by atoms with Gasteiger partial charge in [0.1, 0.15) is 18.2 Å². The Bertz CT molecular complexity index is 915. The Balaban J connectivity index is 0.00000320. The molecule has 6 nitrogen and oxygen atoms in total. The summed E-state index contributed by atoms with van der Waals surface area (Å²) >= 11 is 5.90. The molecule has 0 aliphatic carbocycles. The Morgan fingerprint density at radius 1 is 1.17 bits per heavy atom. The number of hydrogen-bond acceptors (Lipinski definition) is 3. The van der Waals surface area contributed by atoms with Crippen molar-refractivity contribution in [3.63, 3.8) is 0 Å². The molecule has 8 heteroatoms. The van der Waals surface area contributed by atoms with Gasteiger partial charge in [-0.25, -0.2) is 4.98 Å². The van der Waals surface area contributed by atoms with Crippen LogP contribution in [0, 0.1) is 0 Å². The van der Waals surface area contributed by atoms with E-state index in [-0.39, 0.29) is 24.0 Å². The van der Waals surface area contributed by atoms with Gasteiger partial charge < -0.3 is 19.5 Å². The van der Waals surface area contributed by atoms with Crippen molar-refractivity contribution in [2.75, 3.05) is 27.2 Å². The number of aromatic nitrogens is 2. The number of imidazole rings is 1. The van der Waals surface area contributed by atoms with E-state index >= 15 is 0 Å². The maximum absolute atomic E-state index is 5.90. The van der Waals surface area contributed by atoms with Crippen LogP contribution in [-0.2, 0) is 13.1 Å². The number of guanidine groups is 1. The molecule has 2 aromatic carbocycles. The number of ether oxygens (including phenoxy) is 1. The number of hydrogen-bond donors (Lipinski definition) is 1. The second-order valence-electron chi connectivity index (χ2n) is 6.58. The Morgan fingerprint density at radius 3 is 2.60 bits per heavy atom. The van der Waals surface area contributed by atoms with Crippen LogP contribution in [0.15, 0.2) is 72.0 Å². The zero-order valence-electron chi connectivity index (χ0n) is 17.2. The van der Waals surface area contributed by atoms with Gasteiger partial charge in [-0.1, -0.05) is 41.9 Å². The number of benzene rings is 2. The summed E-state index contributed by atoms with van der Waals surface area (Å²) in [4.78, 5) is 10.9. The third-order valence-corrected chi connectivity index (χ3v) is 4.74. The summed E-state index contributed by atoms with van der Waals surface area (Å²) in [6.45, 7) is 2.62.